The lowest BCUT2D eigenvalue weighted by Crippen LogP contribution is -1.99. The number of carbonyl (C=O) groups excluding carboxylic acids is 1. The van der Waals surface area contributed by atoms with E-state index in [-0.39, 0.29) is 17.1 Å². The molecule has 0 radical (unpaired) electrons. The Morgan fingerprint density at radius 3 is 2.29 bits per heavy atom. The van der Waals surface area contributed by atoms with Crippen LogP contribution < -0.4 is 0 Å². The third-order valence-electron chi connectivity index (χ3n) is 2.39. The predicted octanol–water partition coefficient (Wildman–Crippen LogP) is 2.52. The minimum Gasteiger partial charge on any atom is -0.475 e. The second-order valence-corrected chi connectivity index (χ2v) is 3.70. The number of benzene rings is 1. The number of carbonyl (C=O) groups is 2. The maximum atomic E-state index is 11.9. The van der Waals surface area contributed by atoms with Gasteiger partial charge in [-0.1, -0.05) is 29.8 Å². The van der Waals surface area contributed by atoms with Crippen molar-refractivity contribution in [2.45, 2.75) is 6.92 Å². The Bertz CT molecular complexity index is 563. The van der Waals surface area contributed by atoms with E-state index in [4.69, 9.17) is 9.52 Å². The molecule has 2 aromatic rings. The highest BCUT2D eigenvalue weighted by molar-refractivity contribution is 6.09. The molecule has 1 aromatic heterocycles. The Labute approximate surface area is 97.5 Å². The Hall–Kier alpha value is -2.36. The summed E-state index contributed by atoms with van der Waals surface area (Å²) >= 11 is 0. The summed E-state index contributed by atoms with van der Waals surface area (Å²) in [5, 5.41) is 8.68. The Morgan fingerprint density at radius 2 is 1.76 bits per heavy atom. The van der Waals surface area contributed by atoms with Crippen LogP contribution in [-0.2, 0) is 0 Å². The van der Waals surface area contributed by atoms with E-state index in [1.807, 2.05) is 19.1 Å². The van der Waals surface area contributed by atoms with Gasteiger partial charge in [0.15, 0.2) is 5.78 Å². The minimum absolute atomic E-state index is 0.236. The van der Waals surface area contributed by atoms with E-state index < -0.39 is 5.97 Å². The van der Waals surface area contributed by atoms with Gasteiger partial charge in [0.05, 0.1) is 5.56 Å². The summed E-state index contributed by atoms with van der Waals surface area (Å²) in [6, 6.07) is 8.28. The van der Waals surface area contributed by atoms with Crippen LogP contribution in [0.15, 0.2) is 41.0 Å². The van der Waals surface area contributed by atoms with E-state index in [0.717, 1.165) is 11.8 Å². The van der Waals surface area contributed by atoms with E-state index >= 15 is 0 Å². The molecule has 0 aliphatic rings. The molecule has 0 amide bonds. The zero-order valence-electron chi connectivity index (χ0n) is 9.14. The molecule has 86 valence electrons. The van der Waals surface area contributed by atoms with Crippen LogP contribution in [0.5, 0.6) is 0 Å². The van der Waals surface area contributed by atoms with Crippen LogP contribution in [0.25, 0.3) is 0 Å². The quantitative estimate of drug-likeness (QED) is 0.822. The average Bonchev–Trinajstić information content (AvgIpc) is 2.78. The third-order valence-corrected chi connectivity index (χ3v) is 2.39. The molecule has 1 N–H and O–H groups in total. The van der Waals surface area contributed by atoms with E-state index in [1.54, 1.807) is 12.1 Å². The van der Waals surface area contributed by atoms with Crippen LogP contribution in [-0.4, -0.2) is 16.9 Å². The van der Waals surface area contributed by atoms with E-state index in [2.05, 4.69) is 0 Å². The normalized spacial score (nSPS) is 10.2. The molecular formula is C13H10O4. The number of hydrogen-bond donors (Lipinski definition) is 1. The van der Waals surface area contributed by atoms with Crippen molar-refractivity contribution in [3.05, 3.63) is 59.0 Å². The fourth-order valence-corrected chi connectivity index (χ4v) is 1.44. The van der Waals surface area contributed by atoms with E-state index in [0.29, 0.717) is 5.56 Å². The van der Waals surface area contributed by atoms with Gasteiger partial charge in [-0.2, -0.15) is 0 Å². The Morgan fingerprint density at radius 1 is 1.12 bits per heavy atom. The van der Waals surface area contributed by atoms with Gasteiger partial charge >= 0.3 is 5.97 Å². The predicted molar refractivity (Wildman–Crippen MR) is 60.3 cm³/mol. The van der Waals surface area contributed by atoms with Gasteiger partial charge in [0, 0.05) is 11.6 Å². The molecule has 4 nitrogen and oxygen atoms in total. The molecule has 17 heavy (non-hydrogen) atoms. The van der Waals surface area contributed by atoms with Crippen molar-refractivity contribution in [3.63, 3.8) is 0 Å². The SMILES string of the molecule is Cc1ccc(C(=O)c2coc(C(=O)O)c2)cc1. The number of aromatic carboxylic acids is 1. The number of aryl methyl sites for hydroxylation is 1. The zero-order chi connectivity index (χ0) is 12.4. The van der Waals surface area contributed by atoms with Crippen LogP contribution in [0, 0.1) is 6.92 Å². The molecule has 0 saturated carbocycles. The average molecular weight is 230 g/mol. The van der Waals surface area contributed by atoms with Crippen molar-refractivity contribution in [1.29, 1.82) is 0 Å². The smallest absolute Gasteiger partial charge is 0.371 e. The first-order valence-corrected chi connectivity index (χ1v) is 5.01. The summed E-state index contributed by atoms with van der Waals surface area (Å²) in [4.78, 5) is 22.6. The van der Waals surface area contributed by atoms with Crippen LogP contribution in [0.2, 0.25) is 0 Å². The first-order valence-electron chi connectivity index (χ1n) is 5.01. The van der Waals surface area contributed by atoms with Gasteiger partial charge in [-0.05, 0) is 6.92 Å². The lowest BCUT2D eigenvalue weighted by atomic mass is 10.0. The summed E-state index contributed by atoms with van der Waals surface area (Å²) in [7, 11) is 0. The lowest BCUT2D eigenvalue weighted by Gasteiger charge is -1.97. The molecule has 0 aliphatic carbocycles. The molecular weight excluding hydrogens is 220 g/mol. The Kier molecular flexibility index (Phi) is 2.78. The number of hydrogen-bond acceptors (Lipinski definition) is 3. The van der Waals surface area contributed by atoms with Crippen LogP contribution in [0.4, 0.5) is 0 Å². The van der Waals surface area contributed by atoms with Crippen molar-refractivity contribution in [2.24, 2.45) is 0 Å². The highest BCUT2D eigenvalue weighted by atomic mass is 16.4. The third kappa shape index (κ3) is 2.25. The topological polar surface area (TPSA) is 67.5 Å². The van der Waals surface area contributed by atoms with Crippen molar-refractivity contribution in [1.82, 2.24) is 0 Å². The number of carboxylic acid groups (broad SMARTS) is 1. The van der Waals surface area contributed by atoms with Crippen molar-refractivity contribution in [3.8, 4) is 0 Å². The number of furan rings is 1. The number of carboxylic acids is 1. The molecule has 0 unspecified atom stereocenters. The highest BCUT2D eigenvalue weighted by Gasteiger charge is 2.15. The fraction of sp³-hybridized carbons (Fsp3) is 0.0769. The molecule has 0 bridgehead atoms. The van der Waals surface area contributed by atoms with E-state index in [1.165, 1.54) is 6.07 Å². The summed E-state index contributed by atoms with van der Waals surface area (Å²) < 4.78 is 4.77. The van der Waals surface area contributed by atoms with Gasteiger partial charge < -0.3 is 9.52 Å². The molecule has 1 aromatic carbocycles. The second-order valence-electron chi connectivity index (χ2n) is 3.70. The standard InChI is InChI=1S/C13H10O4/c1-8-2-4-9(5-3-8)12(14)10-6-11(13(15)16)17-7-10/h2-7H,1H3,(H,15,16). The largest absolute Gasteiger partial charge is 0.475 e. The molecule has 2 rings (SSSR count). The van der Waals surface area contributed by atoms with E-state index in [9.17, 15) is 9.59 Å². The summed E-state index contributed by atoms with van der Waals surface area (Å²) in [6.45, 7) is 1.93. The number of ketones is 1. The summed E-state index contributed by atoms with van der Waals surface area (Å²) in [5.41, 5.74) is 1.81. The van der Waals surface area contributed by atoms with Gasteiger partial charge in [0.2, 0.25) is 5.76 Å². The van der Waals surface area contributed by atoms with Crippen LogP contribution in [0.3, 0.4) is 0 Å². The molecule has 0 spiro atoms. The van der Waals surface area contributed by atoms with Crippen LogP contribution in [0.1, 0.15) is 32.0 Å². The molecule has 0 saturated heterocycles. The molecule has 1 heterocycles. The Balaban J connectivity index is 2.30. The van der Waals surface area contributed by atoms with Crippen molar-refractivity contribution < 1.29 is 19.1 Å². The summed E-state index contributed by atoms with van der Waals surface area (Å²) in [5.74, 6) is -1.67. The fourth-order valence-electron chi connectivity index (χ4n) is 1.44. The summed E-state index contributed by atoms with van der Waals surface area (Å²) in [6.07, 6.45) is 1.16. The second kappa shape index (κ2) is 4.25. The van der Waals surface area contributed by atoms with Crippen molar-refractivity contribution in [2.75, 3.05) is 0 Å². The first-order chi connectivity index (χ1) is 8.08. The molecule has 0 atom stereocenters. The van der Waals surface area contributed by atoms with Crippen molar-refractivity contribution >= 4 is 11.8 Å². The van der Waals surface area contributed by atoms with Gasteiger partial charge in [-0.25, -0.2) is 4.79 Å². The monoisotopic (exact) mass is 230 g/mol. The molecule has 0 aliphatic heterocycles. The van der Waals surface area contributed by atoms with Gasteiger partial charge in [0.1, 0.15) is 6.26 Å². The van der Waals surface area contributed by atoms with Crippen LogP contribution >= 0.6 is 0 Å². The molecule has 4 heteroatoms. The lowest BCUT2D eigenvalue weighted by molar-refractivity contribution is 0.0662. The zero-order valence-corrected chi connectivity index (χ0v) is 9.14. The maximum Gasteiger partial charge on any atom is 0.371 e. The van der Waals surface area contributed by atoms with Gasteiger partial charge in [-0.15, -0.1) is 0 Å². The maximum absolute atomic E-state index is 11.9. The highest BCUT2D eigenvalue weighted by Crippen LogP contribution is 2.14. The molecule has 0 fully saturated rings. The number of rotatable bonds is 3. The minimum atomic E-state index is -1.19. The van der Waals surface area contributed by atoms with Gasteiger partial charge in [-0.3, -0.25) is 4.79 Å². The first kappa shape index (κ1) is 11.1. The van der Waals surface area contributed by atoms with Gasteiger partial charge in [0.25, 0.3) is 0 Å².